The fourth-order valence-electron chi connectivity index (χ4n) is 2.10. The first kappa shape index (κ1) is 13.3. The molecule has 4 heteroatoms. The van der Waals surface area contributed by atoms with Crippen molar-refractivity contribution in [3.63, 3.8) is 0 Å². The third kappa shape index (κ3) is 3.22. The van der Waals surface area contributed by atoms with Crippen LogP contribution in [-0.4, -0.2) is 32.2 Å². The molecular weight excluding hydrogens is 230 g/mol. The maximum Gasteiger partial charge on any atom is 0.166 e. The number of aryl methyl sites for hydroxylation is 1. The molecule has 1 heterocycles. The fraction of sp³-hybridized carbons (Fsp3) is 0.571. The number of rotatable bonds is 5. The van der Waals surface area contributed by atoms with Gasteiger partial charge in [-0.1, -0.05) is 12.1 Å². The Kier molecular flexibility index (Phi) is 4.22. The van der Waals surface area contributed by atoms with E-state index in [4.69, 9.17) is 19.9 Å². The standard InChI is InChI=1S/C14H21NO3/c1-14(17-10-13(9-15)18-14)8-7-11-3-5-12(16-2)6-4-11/h3-6,13H,7-10,15H2,1-2H3. The molecule has 1 fully saturated rings. The summed E-state index contributed by atoms with van der Waals surface area (Å²) in [6.45, 7) is 3.08. The first-order valence-electron chi connectivity index (χ1n) is 6.30. The normalized spacial score (nSPS) is 27.4. The minimum atomic E-state index is -0.496. The molecule has 18 heavy (non-hydrogen) atoms. The van der Waals surface area contributed by atoms with Crippen LogP contribution >= 0.6 is 0 Å². The van der Waals surface area contributed by atoms with Gasteiger partial charge in [0, 0.05) is 13.0 Å². The van der Waals surface area contributed by atoms with Crippen molar-refractivity contribution in [2.75, 3.05) is 20.3 Å². The van der Waals surface area contributed by atoms with Gasteiger partial charge in [0.25, 0.3) is 0 Å². The molecule has 0 aliphatic carbocycles. The molecule has 0 radical (unpaired) electrons. The zero-order valence-corrected chi connectivity index (χ0v) is 11.0. The van der Waals surface area contributed by atoms with Gasteiger partial charge in [-0.05, 0) is 31.0 Å². The molecule has 1 aliphatic heterocycles. The van der Waals surface area contributed by atoms with E-state index in [0.717, 1.165) is 18.6 Å². The highest BCUT2D eigenvalue weighted by molar-refractivity contribution is 5.27. The largest absolute Gasteiger partial charge is 0.497 e. The summed E-state index contributed by atoms with van der Waals surface area (Å²) < 4.78 is 16.6. The van der Waals surface area contributed by atoms with Gasteiger partial charge >= 0.3 is 0 Å². The van der Waals surface area contributed by atoms with E-state index in [2.05, 4.69) is 12.1 Å². The molecule has 1 aliphatic rings. The quantitative estimate of drug-likeness (QED) is 0.865. The van der Waals surface area contributed by atoms with E-state index in [1.54, 1.807) is 7.11 Å². The second kappa shape index (κ2) is 5.69. The smallest absolute Gasteiger partial charge is 0.166 e. The van der Waals surface area contributed by atoms with Crippen molar-refractivity contribution >= 4 is 0 Å². The van der Waals surface area contributed by atoms with Gasteiger partial charge in [0.15, 0.2) is 5.79 Å². The van der Waals surface area contributed by atoms with Gasteiger partial charge in [0.2, 0.25) is 0 Å². The van der Waals surface area contributed by atoms with Crippen LogP contribution in [0.3, 0.4) is 0 Å². The Morgan fingerprint density at radius 1 is 1.39 bits per heavy atom. The van der Waals surface area contributed by atoms with Crippen LogP contribution in [-0.2, 0) is 15.9 Å². The van der Waals surface area contributed by atoms with Crippen LogP contribution in [0, 0.1) is 0 Å². The summed E-state index contributed by atoms with van der Waals surface area (Å²) in [5.41, 5.74) is 6.83. The Morgan fingerprint density at radius 3 is 2.67 bits per heavy atom. The average molecular weight is 251 g/mol. The first-order valence-corrected chi connectivity index (χ1v) is 6.30. The molecule has 0 bridgehead atoms. The Morgan fingerprint density at radius 2 is 2.11 bits per heavy atom. The topological polar surface area (TPSA) is 53.7 Å². The summed E-state index contributed by atoms with van der Waals surface area (Å²) >= 11 is 0. The fourth-order valence-corrected chi connectivity index (χ4v) is 2.10. The van der Waals surface area contributed by atoms with Crippen LogP contribution < -0.4 is 10.5 Å². The monoisotopic (exact) mass is 251 g/mol. The van der Waals surface area contributed by atoms with Crippen molar-refractivity contribution in [1.29, 1.82) is 0 Å². The molecule has 2 unspecified atom stereocenters. The molecule has 0 aromatic heterocycles. The molecule has 2 rings (SSSR count). The molecule has 1 aromatic carbocycles. The molecule has 0 saturated carbocycles. The second-order valence-corrected chi connectivity index (χ2v) is 4.77. The van der Waals surface area contributed by atoms with E-state index in [0.29, 0.717) is 13.2 Å². The van der Waals surface area contributed by atoms with Crippen LogP contribution in [0.25, 0.3) is 0 Å². The molecule has 1 aromatic rings. The minimum absolute atomic E-state index is 0.0332. The lowest BCUT2D eigenvalue weighted by atomic mass is 10.1. The SMILES string of the molecule is COc1ccc(CCC2(C)OCC(CN)O2)cc1. The number of hydrogen-bond acceptors (Lipinski definition) is 4. The van der Waals surface area contributed by atoms with Crippen LogP contribution in [0.15, 0.2) is 24.3 Å². The number of methoxy groups -OCH3 is 1. The van der Waals surface area contributed by atoms with E-state index in [1.807, 2.05) is 19.1 Å². The number of nitrogens with two attached hydrogens (primary N) is 1. The van der Waals surface area contributed by atoms with Gasteiger partial charge in [-0.25, -0.2) is 0 Å². The molecular formula is C14H21NO3. The van der Waals surface area contributed by atoms with Crippen LogP contribution in [0.4, 0.5) is 0 Å². The van der Waals surface area contributed by atoms with Crippen molar-refractivity contribution in [2.24, 2.45) is 5.73 Å². The highest BCUT2D eigenvalue weighted by Gasteiger charge is 2.35. The van der Waals surface area contributed by atoms with Crippen LogP contribution in [0.2, 0.25) is 0 Å². The number of ether oxygens (including phenoxy) is 3. The van der Waals surface area contributed by atoms with E-state index in [9.17, 15) is 0 Å². The van der Waals surface area contributed by atoms with Gasteiger partial charge < -0.3 is 19.9 Å². The van der Waals surface area contributed by atoms with Crippen molar-refractivity contribution in [2.45, 2.75) is 31.7 Å². The molecule has 0 spiro atoms. The van der Waals surface area contributed by atoms with Gasteiger partial charge in [-0.15, -0.1) is 0 Å². The lowest BCUT2D eigenvalue weighted by Crippen LogP contribution is -2.29. The van der Waals surface area contributed by atoms with Crippen LogP contribution in [0.5, 0.6) is 5.75 Å². The summed E-state index contributed by atoms with van der Waals surface area (Å²) in [7, 11) is 1.67. The summed E-state index contributed by atoms with van der Waals surface area (Å²) in [5, 5.41) is 0. The minimum Gasteiger partial charge on any atom is -0.497 e. The summed E-state index contributed by atoms with van der Waals surface area (Å²) in [6, 6.07) is 8.07. The van der Waals surface area contributed by atoms with Crippen molar-refractivity contribution in [1.82, 2.24) is 0 Å². The van der Waals surface area contributed by atoms with Crippen LogP contribution in [0.1, 0.15) is 18.9 Å². The Labute approximate surface area is 108 Å². The van der Waals surface area contributed by atoms with E-state index in [1.165, 1.54) is 5.56 Å². The summed E-state index contributed by atoms with van der Waals surface area (Å²) in [6.07, 6.45) is 1.78. The number of hydrogen-bond donors (Lipinski definition) is 1. The lowest BCUT2D eigenvalue weighted by molar-refractivity contribution is -0.156. The molecule has 1 saturated heterocycles. The molecule has 0 amide bonds. The molecule has 2 atom stereocenters. The highest BCUT2D eigenvalue weighted by Crippen LogP contribution is 2.28. The van der Waals surface area contributed by atoms with Crippen molar-refractivity contribution in [3.05, 3.63) is 29.8 Å². The van der Waals surface area contributed by atoms with Crippen molar-refractivity contribution < 1.29 is 14.2 Å². The zero-order chi connectivity index (χ0) is 13.0. The predicted octanol–water partition coefficient (Wildman–Crippen LogP) is 1.72. The third-order valence-electron chi connectivity index (χ3n) is 3.28. The Hall–Kier alpha value is -1.10. The molecule has 2 N–H and O–H groups in total. The zero-order valence-electron chi connectivity index (χ0n) is 11.0. The highest BCUT2D eigenvalue weighted by atomic mass is 16.7. The van der Waals surface area contributed by atoms with E-state index < -0.39 is 5.79 Å². The summed E-state index contributed by atoms with van der Waals surface area (Å²) in [5.74, 6) is 0.380. The third-order valence-corrected chi connectivity index (χ3v) is 3.28. The van der Waals surface area contributed by atoms with E-state index >= 15 is 0 Å². The molecule has 4 nitrogen and oxygen atoms in total. The van der Waals surface area contributed by atoms with Gasteiger partial charge in [0.1, 0.15) is 5.75 Å². The van der Waals surface area contributed by atoms with Gasteiger partial charge in [-0.2, -0.15) is 0 Å². The van der Waals surface area contributed by atoms with Gasteiger partial charge in [0.05, 0.1) is 19.8 Å². The maximum absolute atomic E-state index is 5.79. The predicted molar refractivity (Wildman–Crippen MR) is 69.6 cm³/mol. The lowest BCUT2D eigenvalue weighted by Gasteiger charge is -2.23. The Balaban J connectivity index is 1.87. The number of benzene rings is 1. The average Bonchev–Trinajstić information content (AvgIpc) is 2.79. The summed E-state index contributed by atoms with van der Waals surface area (Å²) in [4.78, 5) is 0. The van der Waals surface area contributed by atoms with E-state index in [-0.39, 0.29) is 6.10 Å². The first-order chi connectivity index (χ1) is 8.65. The second-order valence-electron chi connectivity index (χ2n) is 4.77. The van der Waals surface area contributed by atoms with Crippen molar-refractivity contribution in [3.8, 4) is 5.75 Å². The van der Waals surface area contributed by atoms with Gasteiger partial charge in [-0.3, -0.25) is 0 Å². The Bertz CT molecular complexity index is 379. The molecule has 100 valence electrons. The maximum atomic E-state index is 5.79.